The molecular weight excluding hydrogens is 262 g/mol. The van der Waals surface area contributed by atoms with Crippen molar-refractivity contribution in [2.75, 3.05) is 6.54 Å². The van der Waals surface area contributed by atoms with Crippen LogP contribution < -0.4 is 5.32 Å². The Labute approximate surface area is 125 Å². The molecule has 1 atom stereocenters. The van der Waals surface area contributed by atoms with Gasteiger partial charge in [0.15, 0.2) is 0 Å². The maximum atomic E-state index is 9.09. The highest BCUT2D eigenvalue weighted by Crippen LogP contribution is 2.19. The van der Waals surface area contributed by atoms with Gasteiger partial charge in [0.2, 0.25) is 0 Å². The molecular formula is C17H21N3O. The second-order valence-electron chi connectivity index (χ2n) is 5.58. The number of nitrogens with zero attached hydrogens (tertiary/aromatic N) is 2. The van der Waals surface area contributed by atoms with E-state index in [-0.39, 0.29) is 6.61 Å². The molecule has 4 heteroatoms. The molecule has 0 aliphatic carbocycles. The standard InChI is InChI=1S/C17H21N3O/c21-11-13-3-5-14(6-4-13)17-10-16(19-12-20-17)8-7-15-2-1-9-18-15/h3-6,10,12,15,18,21H,1-2,7-9,11H2. The van der Waals surface area contributed by atoms with Gasteiger partial charge in [-0.05, 0) is 43.9 Å². The van der Waals surface area contributed by atoms with E-state index in [1.807, 2.05) is 24.3 Å². The number of rotatable bonds is 5. The van der Waals surface area contributed by atoms with Crippen LogP contribution in [0.25, 0.3) is 11.3 Å². The summed E-state index contributed by atoms with van der Waals surface area (Å²) in [7, 11) is 0. The normalized spacial score (nSPS) is 18.0. The van der Waals surface area contributed by atoms with Crippen molar-refractivity contribution in [2.45, 2.75) is 38.3 Å². The third kappa shape index (κ3) is 3.65. The topological polar surface area (TPSA) is 58.0 Å². The molecule has 2 heterocycles. The van der Waals surface area contributed by atoms with Gasteiger partial charge in [0.1, 0.15) is 6.33 Å². The fourth-order valence-corrected chi connectivity index (χ4v) is 2.80. The highest BCUT2D eigenvalue weighted by Gasteiger charge is 2.14. The third-order valence-electron chi connectivity index (χ3n) is 4.07. The van der Waals surface area contributed by atoms with Crippen LogP contribution in [0.1, 0.15) is 30.5 Å². The smallest absolute Gasteiger partial charge is 0.116 e. The molecule has 0 bridgehead atoms. The van der Waals surface area contributed by atoms with Crippen LogP contribution in [0.2, 0.25) is 0 Å². The van der Waals surface area contributed by atoms with Crippen LogP contribution in [-0.2, 0) is 13.0 Å². The molecule has 2 aromatic rings. The molecule has 1 fully saturated rings. The highest BCUT2D eigenvalue weighted by molar-refractivity contribution is 5.59. The molecule has 2 N–H and O–H groups in total. The van der Waals surface area contributed by atoms with Crippen molar-refractivity contribution in [2.24, 2.45) is 0 Å². The van der Waals surface area contributed by atoms with Crippen LogP contribution in [0.3, 0.4) is 0 Å². The lowest BCUT2D eigenvalue weighted by molar-refractivity contribution is 0.282. The Hall–Kier alpha value is -1.78. The van der Waals surface area contributed by atoms with E-state index in [0.717, 1.165) is 41.9 Å². The number of hydrogen-bond donors (Lipinski definition) is 2. The summed E-state index contributed by atoms with van der Waals surface area (Å²) in [6.07, 6.45) is 6.34. The lowest BCUT2D eigenvalue weighted by Crippen LogP contribution is -2.21. The van der Waals surface area contributed by atoms with Crippen molar-refractivity contribution in [3.63, 3.8) is 0 Å². The Morgan fingerprint density at radius 3 is 2.76 bits per heavy atom. The third-order valence-corrected chi connectivity index (χ3v) is 4.07. The average molecular weight is 283 g/mol. The summed E-state index contributed by atoms with van der Waals surface area (Å²) in [5.74, 6) is 0. The minimum atomic E-state index is 0.0731. The Morgan fingerprint density at radius 2 is 2.05 bits per heavy atom. The second-order valence-corrected chi connectivity index (χ2v) is 5.58. The Balaban J connectivity index is 1.69. The van der Waals surface area contributed by atoms with Crippen molar-refractivity contribution >= 4 is 0 Å². The van der Waals surface area contributed by atoms with Gasteiger partial charge in [0.05, 0.1) is 12.3 Å². The van der Waals surface area contributed by atoms with Crippen molar-refractivity contribution in [3.05, 3.63) is 47.9 Å². The summed E-state index contributed by atoms with van der Waals surface area (Å²) < 4.78 is 0. The van der Waals surface area contributed by atoms with Gasteiger partial charge in [-0.1, -0.05) is 24.3 Å². The zero-order valence-electron chi connectivity index (χ0n) is 12.1. The number of aliphatic hydroxyl groups excluding tert-OH is 1. The SMILES string of the molecule is OCc1ccc(-c2cc(CCC3CCCN3)ncn2)cc1. The van der Waals surface area contributed by atoms with Crippen molar-refractivity contribution < 1.29 is 5.11 Å². The van der Waals surface area contributed by atoms with E-state index in [9.17, 15) is 0 Å². The van der Waals surface area contributed by atoms with Crippen LogP contribution in [0.15, 0.2) is 36.7 Å². The van der Waals surface area contributed by atoms with E-state index in [0.29, 0.717) is 6.04 Å². The molecule has 0 spiro atoms. The molecule has 4 nitrogen and oxygen atoms in total. The molecule has 0 saturated carbocycles. The lowest BCUT2D eigenvalue weighted by atomic mass is 10.1. The number of nitrogens with one attached hydrogen (secondary N) is 1. The fourth-order valence-electron chi connectivity index (χ4n) is 2.80. The summed E-state index contributed by atoms with van der Waals surface area (Å²) in [6, 6.07) is 10.6. The number of aromatic nitrogens is 2. The molecule has 1 aromatic carbocycles. The van der Waals surface area contributed by atoms with Crippen LogP contribution >= 0.6 is 0 Å². The summed E-state index contributed by atoms with van der Waals surface area (Å²) in [4.78, 5) is 8.74. The minimum Gasteiger partial charge on any atom is -0.392 e. The highest BCUT2D eigenvalue weighted by atomic mass is 16.3. The largest absolute Gasteiger partial charge is 0.392 e. The molecule has 3 rings (SSSR count). The molecule has 1 aromatic heterocycles. The van der Waals surface area contributed by atoms with Crippen molar-refractivity contribution in [1.29, 1.82) is 0 Å². The van der Waals surface area contributed by atoms with Crippen LogP contribution in [0.4, 0.5) is 0 Å². The first-order valence-corrected chi connectivity index (χ1v) is 7.59. The van der Waals surface area contributed by atoms with E-state index < -0.39 is 0 Å². The Morgan fingerprint density at radius 1 is 1.19 bits per heavy atom. The predicted octanol–water partition coefficient (Wildman–Crippen LogP) is 2.32. The molecule has 0 radical (unpaired) electrons. The first-order chi connectivity index (χ1) is 10.3. The second kappa shape index (κ2) is 6.78. The molecule has 1 saturated heterocycles. The van der Waals surface area contributed by atoms with E-state index in [2.05, 4.69) is 21.4 Å². The first kappa shape index (κ1) is 14.2. The summed E-state index contributed by atoms with van der Waals surface area (Å²) in [5.41, 5.74) is 4.03. The number of aliphatic hydroxyl groups is 1. The maximum Gasteiger partial charge on any atom is 0.116 e. The van der Waals surface area contributed by atoms with Crippen LogP contribution in [0, 0.1) is 0 Å². The van der Waals surface area contributed by atoms with E-state index >= 15 is 0 Å². The van der Waals surface area contributed by atoms with Gasteiger partial charge in [-0.15, -0.1) is 0 Å². The maximum absolute atomic E-state index is 9.09. The zero-order valence-corrected chi connectivity index (χ0v) is 12.1. The lowest BCUT2D eigenvalue weighted by Gasteiger charge is -2.09. The minimum absolute atomic E-state index is 0.0731. The average Bonchev–Trinajstić information content (AvgIpc) is 3.07. The number of aryl methyl sites for hydroxylation is 1. The van der Waals surface area contributed by atoms with E-state index in [4.69, 9.17) is 5.11 Å². The van der Waals surface area contributed by atoms with E-state index in [1.165, 1.54) is 12.8 Å². The van der Waals surface area contributed by atoms with E-state index in [1.54, 1.807) is 6.33 Å². The number of hydrogen-bond acceptors (Lipinski definition) is 4. The first-order valence-electron chi connectivity index (χ1n) is 7.59. The predicted molar refractivity (Wildman–Crippen MR) is 82.7 cm³/mol. The van der Waals surface area contributed by atoms with Crippen molar-refractivity contribution in [3.8, 4) is 11.3 Å². The Bertz CT molecular complexity index is 577. The van der Waals surface area contributed by atoms with Gasteiger partial charge in [0, 0.05) is 17.3 Å². The van der Waals surface area contributed by atoms with Crippen LogP contribution in [0.5, 0.6) is 0 Å². The van der Waals surface area contributed by atoms with Gasteiger partial charge in [-0.2, -0.15) is 0 Å². The van der Waals surface area contributed by atoms with Gasteiger partial charge < -0.3 is 10.4 Å². The monoisotopic (exact) mass is 283 g/mol. The van der Waals surface area contributed by atoms with Gasteiger partial charge in [-0.25, -0.2) is 9.97 Å². The van der Waals surface area contributed by atoms with Crippen molar-refractivity contribution in [1.82, 2.24) is 15.3 Å². The molecule has 1 unspecified atom stereocenters. The molecule has 110 valence electrons. The van der Waals surface area contributed by atoms with Gasteiger partial charge in [0.25, 0.3) is 0 Å². The molecule has 0 amide bonds. The fraction of sp³-hybridized carbons (Fsp3) is 0.412. The van der Waals surface area contributed by atoms with Gasteiger partial charge in [-0.3, -0.25) is 0 Å². The van der Waals surface area contributed by atoms with Gasteiger partial charge >= 0.3 is 0 Å². The summed E-state index contributed by atoms with van der Waals surface area (Å²) >= 11 is 0. The Kier molecular flexibility index (Phi) is 4.58. The molecule has 1 aliphatic rings. The molecule has 21 heavy (non-hydrogen) atoms. The summed E-state index contributed by atoms with van der Waals surface area (Å²) in [6.45, 7) is 1.22. The van der Waals surface area contributed by atoms with Crippen LogP contribution in [-0.4, -0.2) is 27.7 Å². The quantitative estimate of drug-likeness (QED) is 0.884. The molecule has 1 aliphatic heterocycles. The zero-order chi connectivity index (χ0) is 14.5. The number of benzene rings is 1. The summed E-state index contributed by atoms with van der Waals surface area (Å²) in [5, 5.41) is 12.6.